The Morgan fingerprint density at radius 2 is 1.95 bits per heavy atom. The molecule has 0 heterocycles. The van der Waals surface area contributed by atoms with E-state index in [0.29, 0.717) is 10.6 Å². The lowest BCUT2D eigenvalue weighted by Gasteiger charge is -2.19. The molecule has 0 aromatic heterocycles. The van der Waals surface area contributed by atoms with Crippen LogP contribution >= 0.6 is 11.6 Å². The number of rotatable bonds is 4. The summed E-state index contributed by atoms with van der Waals surface area (Å²) in [7, 11) is 0. The van der Waals surface area contributed by atoms with Crippen molar-refractivity contribution < 1.29 is 14.3 Å². The first kappa shape index (κ1) is 14.1. The number of halogens is 1. The van der Waals surface area contributed by atoms with Crippen LogP contribution in [0.4, 0.5) is 0 Å². The summed E-state index contributed by atoms with van der Waals surface area (Å²) < 4.78 is 5.11. The Labute approximate surface area is 117 Å². The van der Waals surface area contributed by atoms with Gasteiger partial charge in [0.15, 0.2) is 12.4 Å². The van der Waals surface area contributed by atoms with Crippen LogP contribution in [0, 0.1) is 5.92 Å². The zero-order valence-electron chi connectivity index (χ0n) is 10.7. The minimum absolute atomic E-state index is 0.0269. The number of hydrogen-bond acceptors (Lipinski definition) is 3. The lowest BCUT2D eigenvalue weighted by molar-refractivity contribution is -0.148. The number of carbonyl (C=O) groups excluding carboxylic acids is 2. The van der Waals surface area contributed by atoms with Crippen LogP contribution in [0.5, 0.6) is 0 Å². The lowest BCUT2D eigenvalue weighted by atomic mass is 9.89. The Kier molecular flexibility index (Phi) is 4.97. The van der Waals surface area contributed by atoms with Crippen molar-refractivity contribution in [1.29, 1.82) is 0 Å². The van der Waals surface area contributed by atoms with Gasteiger partial charge < -0.3 is 4.74 Å². The Morgan fingerprint density at radius 3 is 2.63 bits per heavy atom. The SMILES string of the molecule is O=C(COC(=O)C1CCCCC1)c1cccc(Cl)c1. The average Bonchev–Trinajstić information content (AvgIpc) is 2.45. The van der Waals surface area contributed by atoms with Gasteiger partial charge in [-0.25, -0.2) is 0 Å². The molecule has 0 spiro atoms. The average molecular weight is 281 g/mol. The fourth-order valence-corrected chi connectivity index (χ4v) is 2.53. The highest BCUT2D eigenvalue weighted by Gasteiger charge is 2.23. The van der Waals surface area contributed by atoms with Crippen LogP contribution in [0.25, 0.3) is 0 Å². The summed E-state index contributed by atoms with van der Waals surface area (Å²) in [4.78, 5) is 23.6. The zero-order valence-corrected chi connectivity index (χ0v) is 11.5. The quantitative estimate of drug-likeness (QED) is 0.625. The van der Waals surface area contributed by atoms with Crippen LogP contribution < -0.4 is 0 Å². The molecule has 2 rings (SSSR count). The Hall–Kier alpha value is -1.35. The van der Waals surface area contributed by atoms with E-state index in [0.717, 1.165) is 25.7 Å². The minimum atomic E-state index is -0.241. The highest BCUT2D eigenvalue weighted by molar-refractivity contribution is 6.31. The monoisotopic (exact) mass is 280 g/mol. The summed E-state index contributed by atoms with van der Waals surface area (Å²) in [6.45, 7) is -0.199. The van der Waals surface area contributed by atoms with E-state index in [1.54, 1.807) is 24.3 Å². The lowest BCUT2D eigenvalue weighted by Crippen LogP contribution is -2.23. The Morgan fingerprint density at radius 1 is 1.21 bits per heavy atom. The number of ether oxygens (including phenoxy) is 1. The molecule has 1 fully saturated rings. The van der Waals surface area contributed by atoms with Gasteiger partial charge in [-0.15, -0.1) is 0 Å². The molecular formula is C15H17ClO3. The molecule has 1 saturated carbocycles. The molecule has 4 heteroatoms. The molecule has 0 N–H and O–H groups in total. The molecular weight excluding hydrogens is 264 g/mol. The maximum absolute atomic E-state index is 11.8. The van der Waals surface area contributed by atoms with Gasteiger partial charge in [0.05, 0.1) is 5.92 Å². The molecule has 1 aliphatic rings. The van der Waals surface area contributed by atoms with Crippen molar-refractivity contribution in [2.45, 2.75) is 32.1 Å². The standard InChI is InChI=1S/C15H17ClO3/c16-13-8-4-7-12(9-13)14(17)10-19-15(18)11-5-2-1-3-6-11/h4,7-9,11H,1-3,5-6,10H2. The zero-order chi connectivity index (χ0) is 13.7. The van der Waals surface area contributed by atoms with Gasteiger partial charge in [0.2, 0.25) is 0 Å². The summed E-state index contributed by atoms with van der Waals surface area (Å²) in [5, 5.41) is 0.504. The fraction of sp³-hybridized carbons (Fsp3) is 0.467. The summed E-state index contributed by atoms with van der Waals surface area (Å²) in [5.41, 5.74) is 0.476. The van der Waals surface area contributed by atoms with Gasteiger partial charge in [-0.05, 0) is 25.0 Å². The smallest absolute Gasteiger partial charge is 0.309 e. The molecule has 1 aromatic rings. The van der Waals surface area contributed by atoms with Gasteiger partial charge in [-0.3, -0.25) is 9.59 Å². The van der Waals surface area contributed by atoms with Gasteiger partial charge in [0.1, 0.15) is 0 Å². The molecule has 1 aromatic carbocycles. The second-order valence-corrected chi connectivity index (χ2v) is 5.31. The third kappa shape index (κ3) is 4.06. The third-order valence-corrected chi connectivity index (χ3v) is 3.67. The van der Waals surface area contributed by atoms with Crippen molar-refractivity contribution in [3.8, 4) is 0 Å². The van der Waals surface area contributed by atoms with Gasteiger partial charge in [0.25, 0.3) is 0 Å². The maximum atomic E-state index is 11.8. The number of Topliss-reactive ketones (excluding diaryl/α,β-unsaturated/α-hetero) is 1. The molecule has 0 bridgehead atoms. The van der Waals surface area contributed by atoms with Gasteiger partial charge in [-0.1, -0.05) is 43.0 Å². The van der Waals surface area contributed by atoms with Crippen molar-refractivity contribution >= 4 is 23.4 Å². The summed E-state index contributed by atoms with van der Waals surface area (Å²) in [6.07, 6.45) is 5.09. The first-order valence-corrected chi connectivity index (χ1v) is 7.00. The summed E-state index contributed by atoms with van der Waals surface area (Å²) in [5.74, 6) is -0.484. The molecule has 102 valence electrons. The van der Waals surface area contributed by atoms with Crippen LogP contribution in [0.15, 0.2) is 24.3 Å². The van der Waals surface area contributed by atoms with E-state index in [2.05, 4.69) is 0 Å². The summed E-state index contributed by atoms with van der Waals surface area (Å²) in [6, 6.07) is 6.66. The predicted octanol–water partition coefficient (Wildman–Crippen LogP) is 3.65. The van der Waals surface area contributed by atoms with Crippen molar-refractivity contribution in [3.63, 3.8) is 0 Å². The highest BCUT2D eigenvalue weighted by atomic mass is 35.5. The molecule has 3 nitrogen and oxygen atoms in total. The first-order valence-electron chi connectivity index (χ1n) is 6.62. The Bertz CT molecular complexity index is 464. The van der Waals surface area contributed by atoms with Crippen molar-refractivity contribution in [3.05, 3.63) is 34.9 Å². The molecule has 1 aliphatic carbocycles. The highest BCUT2D eigenvalue weighted by Crippen LogP contribution is 2.24. The number of hydrogen-bond donors (Lipinski definition) is 0. The van der Waals surface area contributed by atoms with Crippen LogP contribution in [-0.2, 0) is 9.53 Å². The topological polar surface area (TPSA) is 43.4 Å². The normalized spacial score (nSPS) is 16.1. The van der Waals surface area contributed by atoms with Gasteiger partial charge >= 0.3 is 5.97 Å². The van der Waals surface area contributed by atoms with Crippen molar-refractivity contribution in [1.82, 2.24) is 0 Å². The second-order valence-electron chi connectivity index (χ2n) is 4.88. The van der Waals surface area contributed by atoms with Crippen LogP contribution in [0.2, 0.25) is 5.02 Å². The third-order valence-electron chi connectivity index (χ3n) is 3.43. The van der Waals surface area contributed by atoms with E-state index in [-0.39, 0.29) is 24.3 Å². The van der Waals surface area contributed by atoms with Crippen LogP contribution in [0.3, 0.4) is 0 Å². The molecule has 0 unspecified atom stereocenters. The predicted molar refractivity (Wildman–Crippen MR) is 73.3 cm³/mol. The summed E-state index contributed by atoms with van der Waals surface area (Å²) >= 11 is 5.81. The molecule has 19 heavy (non-hydrogen) atoms. The van der Waals surface area contributed by atoms with E-state index in [9.17, 15) is 9.59 Å². The molecule has 0 atom stereocenters. The van der Waals surface area contributed by atoms with Gasteiger partial charge in [-0.2, -0.15) is 0 Å². The maximum Gasteiger partial charge on any atom is 0.309 e. The van der Waals surface area contributed by atoms with Gasteiger partial charge in [0, 0.05) is 10.6 Å². The molecule has 0 radical (unpaired) electrons. The molecule has 0 amide bonds. The number of ketones is 1. The van der Waals surface area contributed by atoms with Crippen LogP contribution in [0.1, 0.15) is 42.5 Å². The van der Waals surface area contributed by atoms with E-state index >= 15 is 0 Å². The van der Waals surface area contributed by atoms with E-state index in [1.165, 1.54) is 6.42 Å². The first-order chi connectivity index (χ1) is 9.16. The number of esters is 1. The van der Waals surface area contributed by atoms with Crippen LogP contribution in [-0.4, -0.2) is 18.4 Å². The molecule has 0 aliphatic heterocycles. The Balaban J connectivity index is 1.84. The minimum Gasteiger partial charge on any atom is -0.457 e. The number of benzene rings is 1. The fourth-order valence-electron chi connectivity index (χ4n) is 2.34. The number of carbonyl (C=O) groups is 2. The van der Waals surface area contributed by atoms with Crippen molar-refractivity contribution in [2.24, 2.45) is 5.92 Å². The second kappa shape index (κ2) is 6.71. The van der Waals surface area contributed by atoms with E-state index < -0.39 is 0 Å². The van der Waals surface area contributed by atoms with E-state index in [4.69, 9.17) is 16.3 Å². The molecule has 0 saturated heterocycles. The largest absolute Gasteiger partial charge is 0.457 e. The van der Waals surface area contributed by atoms with E-state index in [1.807, 2.05) is 0 Å². The van der Waals surface area contributed by atoms with Crippen molar-refractivity contribution in [2.75, 3.05) is 6.61 Å².